The molecule has 0 atom stereocenters. The van der Waals surface area contributed by atoms with Crippen molar-refractivity contribution in [2.45, 2.75) is 44.8 Å². The van der Waals surface area contributed by atoms with E-state index in [0.29, 0.717) is 26.2 Å². The number of carbonyl (C=O) groups excluding carboxylic acids is 2. The zero-order valence-electron chi connectivity index (χ0n) is 12.8. The van der Waals surface area contributed by atoms with E-state index in [1.165, 1.54) is 7.11 Å². The van der Waals surface area contributed by atoms with Crippen molar-refractivity contribution in [2.75, 3.05) is 33.3 Å². The molecule has 0 unspecified atom stereocenters. The Morgan fingerprint density at radius 2 is 1.85 bits per heavy atom. The van der Waals surface area contributed by atoms with E-state index in [9.17, 15) is 9.59 Å². The van der Waals surface area contributed by atoms with Crippen molar-refractivity contribution in [3.63, 3.8) is 0 Å². The number of hydrogen-bond acceptors (Lipinski definition) is 5. The van der Waals surface area contributed by atoms with Gasteiger partial charge < -0.3 is 14.4 Å². The molecule has 20 heavy (non-hydrogen) atoms. The van der Waals surface area contributed by atoms with Gasteiger partial charge >= 0.3 is 12.1 Å². The zero-order valence-corrected chi connectivity index (χ0v) is 12.8. The van der Waals surface area contributed by atoms with Gasteiger partial charge in [-0.2, -0.15) is 0 Å². The molecule has 1 amide bonds. The van der Waals surface area contributed by atoms with Gasteiger partial charge in [0.25, 0.3) is 0 Å². The molecule has 1 aliphatic heterocycles. The first-order valence-electron chi connectivity index (χ1n) is 7.06. The number of esters is 1. The highest BCUT2D eigenvalue weighted by Gasteiger charge is 2.52. The molecule has 1 heterocycles. The lowest BCUT2D eigenvalue weighted by molar-refractivity contribution is -0.143. The molecule has 2 aliphatic rings. The highest BCUT2D eigenvalue weighted by Crippen LogP contribution is 2.44. The average Bonchev–Trinajstić information content (AvgIpc) is 3.10. The summed E-state index contributed by atoms with van der Waals surface area (Å²) in [6.07, 6.45) is 1.77. The summed E-state index contributed by atoms with van der Waals surface area (Å²) in [5.74, 6) is -0.220. The molecule has 1 saturated carbocycles. The van der Waals surface area contributed by atoms with Crippen molar-refractivity contribution in [1.29, 1.82) is 0 Å². The molecule has 0 bridgehead atoms. The maximum absolute atomic E-state index is 12.1. The van der Waals surface area contributed by atoms with Crippen molar-refractivity contribution in [2.24, 2.45) is 0 Å². The first-order chi connectivity index (χ1) is 9.26. The maximum atomic E-state index is 12.1. The number of carbonyl (C=O) groups is 2. The van der Waals surface area contributed by atoms with Crippen molar-refractivity contribution in [3.8, 4) is 0 Å². The Bertz CT molecular complexity index is 398. The minimum Gasteiger partial charge on any atom is -0.468 e. The van der Waals surface area contributed by atoms with Gasteiger partial charge in [0.15, 0.2) is 0 Å². The lowest BCUT2D eigenvalue weighted by Crippen LogP contribution is -2.58. The van der Waals surface area contributed by atoms with Crippen LogP contribution in [0, 0.1) is 0 Å². The van der Waals surface area contributed by atoms with Crippen molar-refractivity contribution in [3.05, 3.63) is 0 Å². The molecular formula is C14H24N2O4. The summed E-state index contributed by atoms with van der Waals surface area (Å²) in [5, 5.41) is 0. The molecule has 1 aliphatic carbocycles. The van der Waals surface area contributed by atoms with Crippen LogP contribution in [-0.2, 0) is 14.3 Å². The Labute approximate surface area is 120 Å². The van der Waals surface area contributed by atoms with Crippen molar-refractivity contribution >= 4 is 12.1 Å². The van der Waals surface area contributed by atoms with E-state index in [2.05, 4.69) is 4.90 Å². The fourth-order valence-corrected chi connectivity index (χ4v) is 2.58. The van der Waals surface area contributed by atoms with Crippen LogP contribution < -0.4 is 0 Å². The molecule has 0 aromatic rings. The first kappa shape index (κ1) is 15.1. The minimum absolute atomic E-state index is 0.0383. The molecule has 0 N–H and O–H groups in total. The Morgan fingerprint density at radius 3 is 2.35 bits per heavy atom. The van der Waals surface area contributed by atoms with E-state index < -0.39 is 5.60 Å². The van der Waals surface area contributed by atoms with Gasteiger partial charge in [0.2, 0.25) is 0 Å². The quantitative estimate of drug-likeness (QED) is 0.714. The predicted molar refractivity (Wildman–Crippen MR) is 73.4 cm³/mol. The molecule has 6 heteroatoms. The Hall–Kier alpha value is -1.30. The number of nitrogens with zero attached hydrogens (tertiary/aromatic N) is 2. The third-order valence-electron chi connectivity index (χ3n) is 3.82. The second kappa shape index (κ2) is 5.24. The lowest BCUT2D eigenvalue weighted by Gasteiger charge is -2.41. The Balaban J connectivity index is 1.94. The van der Waals surface area contributed by atoms with Crippen molar-refractivity contribution < 1.29 is 19.1 Å². The van der Waals surface area contributed by atoms with Gasteiger partial charge in [-0.25, -0.2) is 4.79 Å². The van der Waals surface area contributed by atoms with Crippen LogP contribution in [0.25, 0.3) is 0 Å². The van der Waals surface area contributed by atoms with Gasteiger partial charge in [-0.1, -0.05) is 0 Å². The highest BCUT2D eigenvalue weighted by atomic mass is 16.6. The number of hydrogen-bond donors (Lipinski definition) is 0. The summed E-state index contributed by atoms with van der Waals surface area (Å²) < 4.78 is 10.1. The van der Waals surface area contributed by atoms with E-state index in [-0.39, 0.29) is 17.6 Å². The van der Waals surface area contributed by atoms with Crippen LogP contribution in [0.5, 0.6) is 0 Å². The van der Waals surface area contributed by atoms with Crippen molar-refractivity contribution in [1.82, 2.24) is 9.80 Å². The molecule has 6 nitrogen and oxygen atoms in total. The summed E-state index contributed by atoms with van der Waals surface area (Å²) in [5.41, 5.74) is -0.514. The van der Waals surface area contributed by atoms with Gasteiger partial charge in [-0.3, -0.25) is 9.69 Å². The van der Waals surface area contributed by atoms with E-state index >= 15 is 0 Å². The summed E-state index contributed by atoms with van der Waals surface area (Å²) in [6, 6.07) is 0. The number of piperazine rings is 1. The molecule has 2 fully saturated rings. The van der Waals surface area contributed by atoms with E-state index in [1.54, 1.807) is 4.90 Å². The predicted octanol–water partition coefficient (Wildman–Crippen LogP) is 1.24. The fourth-order valence-electron chi connectivity index (χ4n) is 2.58. The zero-order chi connectivity index (χ0) is 15.0. The van der Waals surface area contributed by atoms with Crippen LogP contribution >= 0.6 is 0 Å². The summed E-state index contributed by atoms with van der Waals surface area (Å²) >= 11 is 0. The lowest BCUT2D eigenvalue weighted by atomic mass is 10.1. The number of ether oxygens (including phenoxy) is 2. The number of methoxy groups -OCH3 is 1. The number of amides is 1. The minimum atomic E-state index is -0.475. The second-order valence-corrected chi connectivity index (χ2v) is 6.62. The van der Waals surface area contributed by atoms with Crippen LogP contribution in [0.2, 0.25) is 0 Å². The van der Waals surface area contributed by atoms with Gasteiger partial charge in [-0.15, -0.1) is 0 Å². The average molecular weight is 284 g/mol. The molecule has 0 aromatic carbocycles. The van der Waals surface area contributed by atoms with Crippen LogP contribution in [-0.4, -0.2) is 66.3 Å². The van der Waals surface area contributed by atoms with Crippen LogP contribution in [0.15, 0.2) is 0 Å². The monoisotopic (exact) mass is 284 g/mol. The Kier molecular flexibility index (Phi) is 3.95. The summed E-state index contributed by atoms with van der Waals surface area (Å²) in [4.78, 5) is 27.4. The standard InChI is InChI=1S/C14H24N2O4/c1-13(2,3)20-12(18)15-7-8-16(9-11(17)19-4)14(10-15)5-6-14/h5-10H2,1-4H3. The smallest absolute Gasteiger partial charge is 0.410 e. The molecule has 1 spiro atoms. The summed E-state index contributed by atoms with van der Waals surface area (Å²) in [6.45, 7) is 7.82. The third kappa shape index (κ3) is 3.42. The molecule has 1 saturated heterocycles. The van der Waals surface area contributed by atoms with Gasteiger partial charge in [0.1, 0.15) is 5.60 Å². The normalized spacial score (nSPS) is 21.7. The highest BCUT2D eigenvalue weighted by molar-refractivity contribution is 5.72. The third-order valence-corrected chi connectivity index (χ3v) is 3.82. The van der Waals surface area contributed by atoms with Gasteiger partial charge in [0, 0.05) is 25.2 Å². The molecular weight excluding hydrogens is 260 g/mol. The van der Waals surface area contributed by atoms with E-state index in [4.69, 9.17) is 9.47 Å². The van der Waals surface area contributed by atoms with Gasteiger partial charge in [-0.05, 0) is 33.6 Å². The van der Waals surface area contributed by atoms with E-state index in [0.717, 1.165) is 12.8 Å². The second-order valence-electron chi connectivity index (χ2n) is 6.62. The molecule has 2 rings (SSSR count). The SMILES string of the molecule is COC(=O)CN1CCN(C(=O)OC(C)(C)C)CC12CC2. The molecule has 0 radical (unpaired) electrons. The number of rotatable bonds is 2. The first-order valence-corrected chi connectivity index (χ1v) is 7.06. The van der Waals surface area contributed by atoms with E-state index in [1.807, 2.05) is 20.8 Å². The maximum Gasteiger partial charge on any atom is 0.410 e. The summed E-state index contributed by atoms with van der Waals surface area (Å²) in [7, 11) is 1.40. The van der Waals surface area contributed by atoms with Crippen LogP contribution in [0.1, 0.15) is 33.6 Å². The molecule has 0 aromatic heterocycles. The fraction of sp³-hybridized carbons (Fsp3) is 0.857. The topological polar surface area (TPSA) is 59.1 Å². The van der Waals surface area contributed by atoms with Gasteiger partial charge in [0.05, 0.1) is 13.7 Å². The largest absolute Gasteiger partial charge is 0.468 e. The van der Waals surface area contributed by atoms with Crippen LogP contribution in [0.3, 0.4) is 0 Å². The van der Waals surface area contributed by atoms with Crippen LogP contribution in [0.4, 0.5) is 4.79 Å². The molecule has 114 valence electrons. The Morgan fingerprint density at radius 1 is 1.20 bits per heavy atom.